The Hall–Kier alpha value is -0.300. The molecule has 0 aromatic heterocycles. The van der Waals surface area contributed by atoms with Gasteiger partial charge in [0.2, 0.25) is 0 Å². The number of nitrogens with one attached hydrogen (secondary N) is 1. The van der Waals surface area contributed by atoms with Gasteiger partial charge in [-0.1, -0.05) is 83.8 Å². The minimum Gasteiger partial charge on any atom is -0.312 e. The molecule has 0 aliphatic rings. The van der Waals surface area contributed by atoms with Crippen molar-refractivity contribution < 1.29 is 0 Å². The van der Waals surface area contributed by atoms with Crippen LogP contribution < -0.4 is 5.32 Å². The van der Waals surface area contributed by atoms with Crippen molar-refractivity contribution in [3.8, 4) is 0 Å². The van der Waals surface area contributed by atoms with Gasteiger partial charge in [0.15, 0.2) is 0 Å². The Bertz CT molecular complexity index is 255. The highest BCUT2D eigenvalue weighted by molar-refractivity contribution is 4.81. The quantitative estimate of drug-likeness (QED) is 0.217. The average molecular weight is 324 g/mol. The van der Waals surface area contributed by atoms with Gasteiger partial charge < -0.3 is 5.32 Å². The van der Waals surface area contributed by atoms with E-state index in [0.717, 1.165) is 6.54 Å². The number of unbranched alkanes of at least 4 members (excludes halogenated alkanes) is 10. The molecule has 138 valence electrons. The third-order valence-corrected chi connectivity index (χ3v) is 4.67. The standard InChI is InChI=1S/C22H45N/c1-5-7-8-9-10-11-12-13-14-15-16-17-18-19-20-22(3,4)23-21-6-2/h9-10,23H,5-8,11-21H2,1-4H3. The molecule has 0 fully saturated rings. The smallest absolute Gasteiger partial charge is 0.0125 e. The van der Waals surface area contributed by atoms with Crippen molar-refractivity contribution in [3.05, 3.63) is 12.2 Å². The van der Waals surface area contributed by atoms with Gasteiger partial charge in [-0.15, -0.1) is 0 Å². The first kappa shape index (κ1) is 22.7. The second-order valence-electron chi connectivity index (χ2n) is 7.79. The summed E-state index contributed by atoms with van der Waals surface area (Å²) >= 11 is 0. The zero-order valence-corrected chi connectivity index (χ0v) is 16.8. The molecule has 1 nitrogen and oxygen atoms in total. The van der Waals surface area contributed by atoms with Gasteiger partial charge in [0.25, 0.3) is 0 Å². The maximum absolute atomic E-state index is 3.65. The van der Waals surface area contributed by atoms with Crippen LogP contribution in [-0.2, 0) is 0 Å². The lowest BCUT2D eigenvalue weighted by Crippen LogP contribution is -2.39. The van der Waals surface area contributed by atoms with Gasteiger partial charge in [0, 0.05) is 5.54 Å². The highest BCUT2D eigenvalue weighted by atomic mass is 14.9. The number of rotatable bonds is 17. The normalized spacial score (nSPS) is 12.3. The Labute approximate surface area is 147 Å². The zero-order valence-electron chi connectivity index (χ0n) is 16.8. The second-order valence-corrected chi connectivity index (χ2v) is 7.79. The Morgan fingerprint density at radius 2 is 1.17 bits per heavy atom. The lowest BCUT2D eigenvalue weighted by Gasteiger charge is -2.26. The highest BCUT2D eigenvalue weighted by Crippen LogP contribution is 2.16. The predicted octanol–water partition coefficient (Wildman–Crippen LogP) is 7.41. The molecule has 0 rings (SSSR count). The van der Waals surface area contributed by atoms with E-state index in [4.69, 9.17) is 0 Å². The predicted molar refractivity (Wildman–Crippen MR) is 107 cm³/mol. The largest absolute Gasteiger partial charge is 0.312 e. The highest BCUT2D eigenvalue weighted by Gasteiger charge is 2.14. The minimum atomic E-state index is 0.334. The molecule has 1 heteroatoms. The summed E-state index contributed by atoms with van der Waals surface area (Å²) in [4.78, 5) is 0. The summed E-state index contributed by atoms with van der Waals surface area (Å²) in [7, 11) is 0. The van der Waals surface area contributed by atoms with E-state index in [9.17, 15) is 0 Å². The Morgan fingerprint density at radius 3 is 1.74 bits per heavy atom. The Morgan fingerprint density at radius 1 is 0.652 bits per heavy atom. The third kappa shape index (κ3) is 17.9. The fourth-order valence-corrected chi connectivity index (χ4v) is 3.00. The lowest BCUT2D eigenvalue weighted by molar-refractivity contribution is 0.347. The van der Waals surface area contributed by atoms with Crippen LogP contribution in [-0.4, -0.2) is 12.1 Å². The summed E-state index contributed by atoms with van der Waals surface area (Å²) in [5, 5.41) is 3.65. The fraction of sp³-hybridized carbons (Fsp3) is 0.909. The summed E-state index contributed by atoms with van der Waals surface area (Å²) < 4.78 is 0. The summed E-state index contributed by atoms with van der Waals surface area (Å²) in [5.41, 5.74) is 0.334. The van der Waals surface area contributed by atoms with Crippen molar-refractivity contribution >= 4 is 0 Å². The second kappa shape index (κ2) is 16.6. The molecule has 0 bridgehead atoms. The number of hydrogen-bond donors (Lipinski definition) is 1. The Balaban J connectivity index is 3.23. The van der Waals surface area contributed by atoms with Gasteiger partial charge in [-0.3, -0.25) is 0 Å². The van der Waals surface area contributed by atoms with Crippen molar-refractivity contribution in [2.24, 2.45) is 0 Å². The molecule has 0 atom stereocenters. The monoisotopic (exact) mass is 323 g/mol. The molecule has 1 N–H and O–H groups in total. The van der Waals surface area contributed by atoms with Crippen LogP contribution in [0, 0.1) is 0 Å². The molecule has 0 saturated carbocycles. The van der Waals surface area contributed by atoms with E-state index in [0.29, 0.717) is 5.54 Å². The maximum atomic E-state index is 3.65. The van der Waals surface area contributed by atoms with Crippen molar-refractivity contribution in [1.29, 1.82) is 0 Å². The first-order valence-electron chi connectivity index (χ1n) is 10.5. The van der Waals surface area contributed by atoms with Crippen LogP contribution in [0.1, 0.15) is 118 Å². The zero-order chi connectivity index (χ0) is 17.2. The number of allylic oxidation sites excluding steroid dienone is 2. The fourth-order valence-electron chi connectivity index (χ4n) is 3.00. The molecule has 0 aromatic rings. The third-order valence-electron chi connectivity index (χ3n) is 4.67. The topological polar surface area (TPSA) is 12.0 Å². The van der Waals surface area contributed by atoms with Crippen LogP contribution in [0.5, 0.6) is 0 Å². The summed E-state index contributed by atoms with van der Waals surface area (Å²) in [6.45, 7) is 10.4. The maximum Gasteiger partial charge on any atom is 0.0125 e. The van der Waals surface area contributed by atoms with E-state index in [1.807, 2.05) is 0 Å². The molecule has 0 saturated heterocycles. The van der Waals surface area contributed by atoms with E-state index >= 15 is 0 Å². The molecular formula is C22H45N. The molecule has 0 radical (unpaired) electrons. The molecule has 0 unspecified atom stereocenters. The van der Waals surface area contributed by atoms with E-state index in [2.05, 4.69) is 45.2 Å². The molecule has 0 heterocycles. The summed E-state index contributed by atoms with van der Waals surface area (Å²) in [6, 6.07) is 0. The van der Waals surface area contributed by atoms with Gasteiger partial charge in [0.05, 0.1) is 0 Å². The van der Waals surface area contributed by atoms with Crippen LogP contribution in [0.4, 0.5) is 0 Å². The van der Waals surface area contributed by atoms with Crippen LogP contribution in [0.2, 0.25) is 0 Å². The van der Waals surface area contributed by atoms with Crippen molar-refractivity contribution in [3.63, 3.8) is 0 Å². The van der Waals surface area contributed by atoms with Gasteiger partial charge in [0.1, 0.15) is 0 Å². The molecule has 23 heavy (non-hydrogen) atoms. The van der Waals surface area contributed by atoms with Crippen LogP contribution in [0.15, 0.2) is 12.2 Å². The summed E-state index contributed by atoms with van der Waals surface area (Å²) in [6.07, 6.45) is 23.9. The first-order chi connectivity index (χ1) is 11.1. The molecular weight excluding hydrogens is 278 g/mol. The number of hydrogen-bond acceptors (Lipinski definition) is 1. The van der Waals surface area contributed by atoms with E-state index in [1.54, 1.807) is 0 Å². The Kier molecular flexibility index (Phi) is 16.3. The van der Waals surface area contributed by atoms with E-state index < -0.39 is 0 Å². The van der Waals surface area contributed by atoms with E-state index in [-0.39, 0.29) is 0 Å². The molecule has 0 aliphatic carbocycles. The van der Waals surface area contributed by atoms with Crippen molar-refractivity contribution in [1.82, 2.24) is 5.32 Å². The SMILES string of the molecule is CCCCC=CCCCCCCCCCCC(C)(C)NCCC. The van der Waals surface area contributed by atoms with Crippen LogP contribution >= 0.6 is 0 Å². The van der Waals surface area contributed by atoms with Gasteiger partial charge >= 0.3 is 0 Å². The van der Waals surface area contributed by atoms with Crippen molar-refractivity contribution in [2.45, 2.75) is 123 Å². The first-order valence-corrected chi connectivity index (χ1v) is 10.5. The van der Waals surface area contributed by atoms with Crippen LogP contribution in [0.25, 0.3) is 0 Å². The molecule has 0 aromatic carbocycles. The minimum absolute atomic E-state index is 0.334. The lowest BCUT2D eigenvalue weighted by atomic mass is 9.95. The van der Waals surface area contributed by atoms with Crippen molar-refractivity contribution in [2.75, 3.05) is 6.54 Å². The van der Waals surface area contributed by atoms with Gasteiger partial charge in [-0.2, -0.15) is 0 Å². The van der Waals surface area contributed by atoms with Gasteiger partial charge in [-0.05, 0) is 52.5 Å². The average Bonchev–Trinajstić information content (AvgIpc) is 2.53. The van der Waals surface area contributed by atoms with Gasteiger partial charge in [-0.25, -0.2) is 0 Å². The summed E-state index contributed by atoms with van der Waals surface area (Å²) in [5.74, 6) is 0. The molecule has 0 amide bonds. The van der Waals surface area contributed by atoms with E-state index in [1.165, 1.54) is 89.9 Å². The molecule has 0 spiro atoms. The van der Waals surface area contributed by atoms with Crippen LogP contribution in [0.3, 0.4) is 0 Å². The molecule has 0 aliphatic heterocycles.